The van der Waals surface area contributed by atoms with Crippen molar-refractivity contribution < 1.29 is 4.79 Å². The topological polar surface area (TPSA) is 56.7 Å². The summed E-state index contributed by atoms with van der Waals surface area (Å²) in [6, 6.07) is 8.89. The van der Waals surface area contributed by atoms with Crippen LogP contribution >= 0.6 is 24.0 Å². The van der Waals surface area contributed by atoms with E-state index in [2.05, 4.69) is 67.5 Å². The molecule has 0 bridgehead atoms. The zero-order chi connectivity index (χ0) is 20.6. The predicted octanol–water partition coefficient (Wildman–Crippen LogP) is 4.31. The lowest BCUT2D eigenvalue weighted by Crippen LogP contribution is -2.46. The van der Waals surface area contributed by atoms with E-state index in [1.165, 1.54) is 11.1 Å². The van der Waals surface area contributed by atoms with Crippen molar-refractivity contribution in [2.45, 2.75) is 65.3 Å². The van der Waals surface area contributed by atoms with Crippen LogP contribution in [0.2, 0.25) is 0 Å². The summed E-state index contributed by atoms with van der Waals surface area (Å²) in [5, 5.41) is 6.16. The Balaban J connectivity index is 0.00000420. The van der Waals surface area contributed by atoms with Crippen molar-refractivity contribution in [2.75, 3.05) is 26.7 Å². The lowest BCUT2D eigenvalue weighted by Gasteiger charge is -2.34. The van der Waals surface area contributed by atoms with E-state index < -0.39 is 0 Å². The van der Waals surface area contributed by atoms with Crippen molar-refractivity contribution in [1.29, 1.82) is 0 Å². The summed E-state index contributed by atoms with van der Waals surface area (Å²) in [5.41, 5.74) is 2.84. The molecule has 0 spiro atoms. The first-order valence-corrected chi connectivity index (χ1v) is 10.7. The molecule has 5 nitrogen and oxygen atoms in total. The highest BCUT2D eigenvalue weighted by molar-refractivity contribution is 14.0. The van der Waals surface area contributed by atoms with E-state index in [0.29, 0.717) is 18.9 Å². The number of amides is 1. The van der Waals surface area contributed by atoms with Gasteiger partial charge in [-0.3, -0.25) is 4.79 Å². The molecule has 1 amide bonds. The molecule has 1 heterocycles. The first-order chi connectivity index (χ1) is 13.4. The molecule has 1 aromatic rings. The summed E-state index contributed by atoms with van der Waals surface area (Å²) in [6.07, 6.45) is 3.85. The van der Waals surface area contributed by atoms with Gasteiger partial charge in [-0.05, 0) is 48.6 Å². The third-order valence-corrected chi connectivity index (χ3v) is 6.03. The number of nitrogens with one attached hydrogen (secondary N) is 2. The van der Waals surface area contributed by atoms with E-state index in [-0.39, 0.29) is 35.3 Å². The Morgan fingerprint density at radius 2 is 1.79 bits per heavy atom. The Bertz CT molecular complexity index is 649. The van der Waals surface area contributed by atoms with Crippen LogP contribution < -0.4 is 10.6 Å². The standard InChI is InChI=1S/C23H38N4O.HI/c1-6-23(3,4)20-10-8-19(9-11-20)17-26-22(25-7-2)27-14-12-18(13-15-27)16-21(28)24-5;/h8-11,18H,6-7,12-17H2,1-5H3,(H,24,28)(H,25,26);1H. The first-order valence-electron chi connectivity index (χ1n) is 10.7. The van der Waals surface area contributed by atoms with Crippen molar-refractivity contribution in [3.8, 4) is 0 Å². The van der Waals surface area contributed by atoms with Crippen LogP contribution in [0, 0.1) is 5.92 Å². The van der Waals surface area contributed by atoms with Crippen molar-refractivity contribution in [2.24, 2.45) is 10.9 Å². The molecule has 2 rings (SSSR count). The lowest BCUT2D eigenvalue weighted by atomic mass is 9.82. The van der Waals surface area contributed by atoms with Crippen LogP contribution in [-0.2, 0) is 16.8 Å². The van der Waals surface area contributed by atoms with Crippen LogP contribution in [0.4, 0.5) is 0 Å². The minimum Gasteiger partial charge on any atom is -0.359 e. The second-order valence-corrected chi connectivity index (χ2v) is 8.41. The summed E-state index contributed by atoms with van der Waals surface area (Å²) >= 11 is 0. The Labute approximate surface area is 194 Å². The van der Waals surface area contributed by atoms with Crippen LogP contribution in [0.15, 0.2) is 29.3 Å². The van der Waals surface area contributed by atoms with E-state index in [9.17, 15) is 4.79 Å². The highest BCUT2D eigenvalue weighted by atomic mass is 127. The van der Waals surface area contributed by atoms with Gasteiger partial charge in [0.1, 0.15) is 0 Å². The van der Waals surface area contributed by atoms with Gasteiger partial charge in [0.25, 0.3) is 0 Å². The maximum atomic E-state index is 11.6. The average molecular weight is 514 g/mol. The number of aliphatic imine (C=N–C) groups is 1. The summed E-state index contributed by atoms with van der Waals surface area (Å²) in [5.74, 6) is 1.61. The van der Waals surface area contributed by atoms with Gasteiger partial charge >= 0.3 is 0 Å². The quantitative estimate of drug-likeness (QED) is 0.324. The molecule has 0 aromatic heterocycles. The molecule has 0 unspecified atom stereocenters. The minimum absolute atomic E-state index is 0. The number of piperidine rings is 1. The monoisotopic (exact) mass is 514 g/mol. The number of nitrogens with zero attached hydrogens (tertiary/aromatic N) is 2. The van der Waals surface area contributed by atoms with Gasteiger partial charge in [-0.2, -0.15) is 0 Å². The number of rotatable bonds is 7. The summed E-state index contributed by atoms with van der Waals surface area (Å²) < 4.78 is 0. The van der Waals surface area contributed by atoms with Gasteiger partial charge in [0.15, 0.2) is 5.96 Å². The summed E-state index contributed by atoms with van der Waals surface area (Å²) in [7, 11) is 1.71. The molecule has 1 aliphatic rings. The van der Waals surface area contributed by atoms with Gasteiger partial charge in [-0.15, -0.1) is 24.0 Å². The van der Waals surface area contributed by atoms with Gasteiger partial charge in [0.05, 0.1) is 6.54 Å². The Morgan fingerprint density at radius 3 is 2.31 bits per heavy atom. The third kappa shape index (κ3) is 7.79. The van der Waals surface area contributed by atoms with Crippen molar-refractivity contribution in [3.63, 3.8) is 0 Å². The van der Waals surface area contributed by atoms with E-state index in [4.69, 9.17) is 4.99 Å². The molecular formula is C23H39IN4O. The summed E-state index contributed by atoms with van der Waals surface area (Å²) in [6.45, 7) is 12.4. The number of carbonyl (C=O) groups excluding carboxylic acids is 1. The second kappa shape index (κ2) is 12.4. The number of guanidine groups is 1. The Morgan fingerprint density at radius 1 is 1.17 bits per heavy atom. The van der Waals surface area contributed by atoms with E-state index >= 15 is 0 Å². The van der Waals surface area contributed by atoms with Crippen LogP contribution in [0.25, 0.3) is 0 Å². The SMILES string of the molecule is CCNC(=NCc1ccc(C(C)(C)CC)cc1)N1CCC(CC(=O)NC)CC1.I. The van der Waals surface area contributed by atoms with E-state index in [0.717, 1.165) is 44.9 Å². The number of carbonyl (C=O) groups is 1. The molecule has 6 heteroatoms. The zero-order valence-corrected chi connectivity index (χ0v) is 21.1. The van der Waals surface area contributed by atoms with Gasteiger partial charge in [-0.1, -0.05) is 45.0 Å². The van der Waals surface area contributed by atoms with E-state index in [1.54, 1.807) is 7.05 Å². The molecule has 0 radical (unpaired) electrons. The first kappa shape index (κ1) is 25.7. The largest absolute Gasteiger partial charge is 0.359 e. The Kier molecular flexibility index (Phi) is 11.0. The molecule has 1 aliphatic heterocycles. The Hall–Kier alpha value is -1.31. The molecule has 0 saturated carbocycles. The van der Waals surface area contributed by atoms with Crippen molar-refractivity contribution >= 4 is 35.8 Å². The van der Waals surface area contributed by atoms with Crippen LogP contribution in [0.5, 0.6) is 0 Å². The molecule has 1 aromatic carbocycles. The number of benzene rings is 1. The molecule has 164 valence electrons. The average Bonchev–Trinajstić information content (AvgIpc) is 2.72. The fourth-order valence-electron chi connectivity index (χ4n) is 3.57. The van der Waals surface area contributed by atoms with Gasteiger partial charge in [0.2, 0.25) is 5.91 Å². The van der Waals surface area contributed by atoms with Gasteiger partial charge in [-0.25, -0.2) is 4.99 Å². The van der Waals surface area contributed by atoms with Crippen molar-refractivity contribution in [3.05, 3.63) is 35.4 Å². The maximum absolute atomic E-state index is 11.6. The summed E-state index contributed by atoms with van der Waals surface area (Å²) in [4.78, 5) is 18.8. The fourth-order valence-corrected chi connectivity index (χ4v) is 3.57. The van der Waals surface area contributed by atoms with Crippen LogP contribution in [-0.4, -0.2) is 43.4 Å². The number of hydrogen-bond donors (Lipinski definition) is 2. The molecular weight excluding hydrogens is 475 g/mol. The molecule has 0 aliphatic carbocycles. The predicted molar refractivity (Wildman–Crippen MR) is 133 cm³/mol. The normalized spacial score (nSPS) is 15.6. The van der Waals surface area contributed by atoms with Crippen LogP contribution in [0.3, 0.4) is 0 Å². The lowest BCUT2D eigenvalue weighted by molar-refractivity contribution is -0.121. The number of likely N-dealkylation sites (tertiary alicyclic amines) is 1. The van der Waals surface area contributed by atoms with Crippen LogP contribution in [0.1, 0.15) is 64.5 Å². The maximum Gasteiger partial charge on any atom is 0.220 e. The second-order valence-electron chi connectivity index (χ2n) is 8.41. The minimum atomic E-state index is 0. The fraction of sp³-hybridized carbons (Fsp3) is 0.652. The molecule has 1 fully saturated rings. The highest BCUT2D eigenvalue weighted by Gasteiger charge is 2.23. The molecule has 2 N–H and O–H groups in total. The molecule has 29 heavy (non-hydrogen) atoms. The smallest absolute Gasteiger partial charge is 0.220 e. The third-order valence-electron chi connectivity index (χ3n) is 6.03. The molecule has 0 atom stereocenters. The highest BCUT2D eigenvalue weighted by Crippen LogP contribution is 2.27. The zero-order valence-electron chi connectivity index (χ0n) is 18.8. The van der Waals surface area contributed by atoms with Gasteiger partial charge < -0.3 is 15.5 Å². The molecule has 1 saturated heterocycles. The number of hydrogen-bond acceptors (Lipinski definition) is 2. The van der Waals surface area contributed by atoms with E-state index in [1.807, 2.05) is 0 Å². The van der Waals surface area contributed by atoms with Gasteiger partial charge in [0, 0.05) is 33.1 Å². The number of halogens is 1. The van der Waals surface area contributed by atoms with Crippen molar-refractivity contribution in [1.82, 2.24) is 15.5 Å².